The molecule has 2 aromatic rings. The van der Waals surface area contributed by atoms with Crippen molar-refractivity contribution in [3.63, 3.8) is 0 Å². The lowest BCUT2D eigenvalue weighted by molar-refractivity contribution is -0.151. The number of carbonyl (C=O) groups excluding carboxylic acids is 4. The van der Waals surface area contributed by atoms with Gasteiger partial charge in [0.05, 0.1) is 35.4 Å². The van der Waals surface area contributed by atoms with Crippen LogP contribution in [0.4, 0.5) is 34.1 Å². The number of nitrogen functional groups attached to an aromatic ring is 1. The number of anilines is 2. The monoisotopic (exact) mass is 861 g/mol. The predicted molar refractivity (Wildman–Crippen MR) is 217 cm³/mol. The summed E-state index contributed by atoms with van der Waals surface area (Å²) in [6.45, 7) is 7.37. The molecule has 0 radical (unpaired) electrons. The fourth-order valence-electron chi connectivity index (χ4n) is 9.09. The highest BCUT2D eigenvalue weighted by atomic mass is 35.5. The van der Waals surface area contributed by atoms with Gasteiger partial charge in [-0.1, -0.05) is 29.8 Å². The Morgan fingerprint density at radius 3 is 2.25 bits per heavy atom. The average Bonchev–Trinajstić information content (AvgIpc) is 3.42. The van der Waals surface area contributed by atoms with Crippen molar-refractivity contribution in [2.45, 2.75) is 75.7 Å². The predicted octanol–water partition coefficient (Wildman–Crippen LogP) is 5.12. The van der Waals surface area contributed by atoms with Gasteiger partial charge in [-0.3, -0.25) is 14.5 Å². The molecule has 5 heterocycles. The molecule has 4 fully saturated rings. The van der Waals surface area contributed by atoms with Gasteiger partial charge in [-0.15, -0.1) is 0 Å². The normalized spacial score (nSPS) is 21.2. The van der Waals surface area contributed by atoms with Crippen LogP contribution in [-0.4, -0.2) is 152 Å². The molecule has 0 spiro atoms. The molecule has 0 aromatic heterocycles. The molecule has 5 aliphatic rings. The van der Waals surface area contributed by atoms with E-state index in [1.54, 1.807) is 9.80 Å². The van der Waals surface area contributed by atoms with Crippen molar-refractivity contribution in [3.8, 4) is 0 Å². The van der Waals surface area contributed by atoms with E-state index in [0.29, 0.717) is 90.9 Å². The fraction of sp³-hybridized carbons (Fsp3) is 0.619. The number of piperidine rings is 3. The Balaban J connectivity index is 0.939. The highest BCUT2D eigenvalue weighted by Gasteiger charge is 2.39. The van der Waals surface area contributed by atoms with Gasteiger partial charge in [0.2, 0.25) is 0 Å². The molecule has 4 saturated heterocycles. The van der Waals surface area contributed by atoms with Gasteiger partial charge in [-0.05, 0) is 87.4 Å². The van der Waals surface area contributed by atoms with Crippen LogP contribution in [0.3, 0.4) is 0 Å². The van der Waals surface area contributed by atoms with Crippen molar-refractivity contribution >= 4 is 47.0 Å². The van der Waals surface area contributed by atoms with E-state index < -0.39 is 35.5 Å². The third kappa shape index (κ3) is 10.8. The van der Waals surface area contributed by atoms with E-state index in [9.17, 15) is 32.3 Å². The zero-order chi connectivity index (χ0) is 42.4. The minimum absolute atomic E-state index is 0.0527. The molecule has 18 heteroatoms. The third-order valence-electron chi connectivity index (χ3n) is 12.7. The number of urea groups is 1. The number of rotatable bonds is 10. The molecule has 1 atom stereocenters. The summed E-state index contributed by atoms with van der Waals surface area (Å²) in [4.78, 5) is 63.3. The molecular formula is C42H55ClF3N7O7. The summed E-state index contributed by atoms with van der Waals surface area (Å²) in [6, 6.07) is 9.65. The number of carbonyl (C=O) groups is 4. The minimum Gasteiger partial charge on any atom is -0.464 e. The van der Waals surface area contributed by atoms with Crippen LogP contribution >= 0.6 is 11.6 Å². The highest BCUT2D eigenvalue weighted by Crippen LogP contribution is 2.38. The lowest BCUT2D eigenvalue weighted by Crippen LogP contribution is -2.53. The molecule has 0 saturated carbocycles. The van der Waals surface area contributed by atoms with E-state index in [1.165, 1.54) is 11.0 Å². The molecule has 5 aliphatic heterocycles. The van der Waals surface area contributed by atoms with Crippen LogP contribution in [0, 0.1) is 5.92 Å². The SMILES string of the molecule is Nc1c(Cl)cc(C[C@@H](OC(=O)N2CCC(N3CCc4ccccc4NC3=O)CC2)C(=O)N2CCC(N3CCC(C(=O)OCCN4CCOCC4)CC3)CC2)cc1C(F)(F)F. The number of likely N-dealkylation sites (tertiary alicyclic amines) is 3. The summed E-state index contributed by atoms with van der Waals surface area (Å²) in [7, 11) is 0. The van der Waals surface area contributed by atoms with Crippen LogP contribution in [0.2, 0.25) is 5.02 Å². The molecule has 14 nitrogen and oxygen atoms in total. The Hall–Kier alpha value is -4.32. The molecule has 0 bridgehead atoms. The van der Waals surface area contributed by atoms with Crippen LogP contribution in [0.1, 0.15) is 55.2 Å². The first-order valence-corrected chi connectivity index (χ1v) is 21.5. The summed E-state index contributed by atoms with van der Waals surface area (Å²) in [5.74, 6) is -0.813. The van der Waals surface area contributed by atoms with Crippen molar-refractivity contribution in [1.29, 1.82) is 0 Å². The first-order chi connectivity index (χ1) is 28.8. The van der Waals surface area contributed by atoms with Crippen molar-refractivity contribution in [2.75, 3.05) is 96.3 Å². The number of fused-ring (bicyclic) bond motifs is 1. The van der Waals surface area contributed by atoms with Gasteiger partial charge >= 0.3 is 24.3 Å². The Morgan fingerprint density at radius 2 is 1.55 bits per heavy atom. The van der Waals surface area contributed by atoms with Crippen molar-refractivity contribution in [1.82, 2.24) is 24.5 Å². The van der Waals surface area contributed by atoms with E-state index in [2.05, 4.69) is 15.1 Å². The Labute approximate surface area is 353 Å². The van der Waals surface area contributed by atoms with Gasteiger partial charge in [0.15, 0.2) is 6.10 Å². The molecule has 7 rings (SSSR count). The van der Waals surface area contributed by atoms with E-state index in [-0.39, 0.29) is 60.1 Å². The molecular weight excluding hydrogens is 807 g/mol. The quantitative estimate of drug-likeness (QED) is 0.244. The van der Waals surface area contributed by atoms with Crippen LogP contribution in [0.5, 0.6) is 0 Å². The summed E-state index contributed by atoms with van der Waals surface area (Å²) in [5, 5.41) is 2.67. The maximum absolute atomic E-state index is 14.2. The summed E-state index contributed by atoms with van der Waals surface area (Å²) in [6.07, 6.45) is -2.97. The van der Waals surface area contributed by atoms with Crippen LogP contribution in [0.15, 0.2) is 36.4 Å². The molecule has 60 heavy (non-hydrogen) atoms. The number of nitrogens with one attached hydrogen (secondary N) is 1. The molecule has 3 N–H and O–H groups in total. The third-order valence-corrected chi connectivity index (χ3v) is 13.0. The molecule has 2 aromatic carbocycles. The summed E-state index contributed by atoms with van der Waals surface area (Å²) in [5.41, 5.74) is 5.83. The molecule has 0 aliphatic carbocycles. The number of ether oxygens (including phenoxy) is 3. The topological polar surface area (TPSA) is 150 Å². The summed E-state index contributed by atoms with van der Waals surface area (Å²) >= 11 is 6.15. The standard InChI is InChI=1S/C42H55ClF3N7O7/c43-34-26-28(25-33(37(34)47)42(44,45)46)27-36(60-41(57)52-16-10-32(11-17-52)53-18-7-29-3-1-2-4-35(29)48-40(53)56)38(54)51-14-8-31(9-15-51)50-12-5-30(6-13-50)39(55)59-24-21-49-19-22-58-23-20-49/h1-4,25-26,30-32,36H,5-24,27,47H2,(H,48,56)/t36-/m1/s1. The highest BCUT2D eigenvalue weighted by molar-refractivity contribution is 6.33. The number of hydrogen-bond donors (Lipinski definition) is 2. The number of hydrogen-bond acceptors (Lipinski definition) is 10. The largest absolute Gasteiger partial charge is 0.464 e. The number of alkyl halides is 3. The van der Waals surface area contributed by atoms with Crippen LogP contribution in [-0.2, 0) is 42.8 Å². The number of nitrogens with zero attached hydrogens (tertiary/aromatic N) is 5. The Morgan fingerprint density at radius 1 is 0.883 bits per heavy atom. The smallest absolute Gasteiger partial charge is 0.418 e. The first-order valence-electron chi connectivity index (χ1n) is 21.1. The van der Waals surface area contributed by atoms with Crippen molar-refractivity contribution in [2.24, 2.45) is 5.92 Å². The molecule has 328 valence electrons. The van der Waals surface area contributed by atoms with Crippen LogP contribution in [0.25, 0.3) is 0 Å². The zero-order valence-electron chi connectivity index (χ0n) is 33.8. The lowest BCUT2D eigenvalue weighted by atomic mass is 9.93. The van der Waals surface area contributed by atoms with Gasteiger partial charge in [-0.2, -0.15) is 13.2 Å². The maximum Gasteiger partial charge on any atom is 0.418 e. The second-order valence-corrected chi connectivity index (χ2v) is 16.8. The van der Waals surface area contributed by atoms with Gasteiger partial charge in [0.1, 0.15) is 6.61 Å². The fourth-order valence-corrected chi connectivity index (χ4v) is 9.33. The number of esters is 1. The van der Waals surface area contributed by atoms with E-state index in [1.807, 2.05) is 24.3 Å². The van der Waals surface area contributed by atoms with Gasteiger partial charge in [0.25, 0.3) is 5.91 Å². The number of para-hydroxylation sites is 1. The number of benzene rings is 2. The minimum atomic E-state index is -4.79. The number of halogens is 4. The van der Waals surface area contributed by atoms with E-state index in [4.69, 9.17) is 31.5 Å². The summed E-state index contributed by atoms with van der Waals surface area (Å²) < 4.78 is 58.7. The van der Waals surface area contributed by atoms with Crippen LogP contribution < -0.4 is 11.1 Å². The van der Waals surface area contributed by atoms with E-state index in [0.717, 1.165) is 43.5 Å². The second kappa shape index (κ2) is 19.6. The van der Waals surface area contributed by atoms with Gasteiger partial charge in [0, 0.05) is 76.5 Å². The number of morpholine rings is 1. The number of nitrogens with two attached hydrogens (primary N) is 1. The average molecular weight is 862 g/mol. The van der Waals surface area contributed by atoms with Crippen molar-refractivity contribution < 1.29 is 46.6 Å². The first kappa shape index (κ1) is 43.8. The Kier molecular flexibility index (Phi) is 14.3. The molecule has 4 amide bonds. The maximum atomic E-state index is 14.2. The van der Waals surface area contributed by atoms with E-state index >= 15 is 0 Å². The number of amides is 4. The van der Waals surface area contributed by atoms with Gasteiger partial charge < -0.3 is 44.9 Å². The zero-order valence-corrected chi connectivity index (χ0v) is 34.6. The lowest BCUT2D eigenvalue weighted by Gasteiger charge is -2.42. The van der Waals surface area contributed by atoms with Gasteiger partial charge in [-0.25, -0.2) is 9.59 Å². The Bertz CT molecular complexity index is 1840. The van der Waals surface area contributed by atoms with Crippen molar-refractivity contribution in [3.05, 3.63) is 58.1 Å². The molecule has 0 unspecified atom stereocenters. The second-order valence-electron chi connectivity index (χ2n) is 16.4.